The Morgan fingerprint density at radius 2 is 2.00 bits per heavy atom. The standard InChI is InChI=1S/C22H30N4O3S/c23-15-17-16-5-2-1-3-7-19(16)30-21(17)24-20(27)8-9-25-10-12-26(13-11-25)22(28)18-6-4-14-29-18/h18H,1-14H2,(H,24,27)/p+1/t18-/m0/s1. The number of carbonyl (C=O) groups is 2. The van der Waals surface area contributed by atoms with E-state index in [0.29, 0.717) is 18.6 Å². The number of hydrogen-bond acceptors (Lipinski definition) is 5. The molecule has 1 aliphatic carbocycles. The first kappa shape index (κ1) is 21.3. The molecule has 1 atom stereocenters. The van der Waals surface area contributed by atoms with Gasteiger partial charge >= 0.3 is 0 Å². The first-order valence-electron chi connectivity index (χ1n) is 11.2. The Kier molecular flexibility index (Phi) is 7.03. The van der Waals surface area contributed by atoms with Gasteiger partial charge in [-0.1, -0.05) is 6.42 Å². The van der Waals surface area contributed by atoms with E-state index in [0.717, 1.165) is 81.8 Å². The van der Waals surface area contributed by atoms with Crippen LogP contribution in [-0.4, -0.2) is 62.1 Å². The van der Waals surface area contributed by atoms with Crippen LogP contribution in [0.25, 0.3) is 0 Å². The molecule has 2 N–H and O–H groups in total. The SMILES string of the molecule is N#Cc1c(NC(=O)CC[NH+]2CCN(C(=O)[C@@H]3CCCO3)CC2)sc2c1CCCCC2. The number of piperazine rings is 1. The Labute approximate surface area is 182 Å². The first-order chi connectivity index (χ1) is 14.7. The normalized spacial score (nSPS) is 22.2. The highest BCUT2D eigenvalue weighted by atomic mass is 32.1. The Morgan fingerprint density at radius 1 is 1.20 bits per heavy atom. The van der Waals surface area contributed by atoms with Gasteiger partial charge in [0, 0.05) is 11.5 Å². The second kappa shape index (κ2) is 9.90. The summed E-state index contributed by atoms with van der Waals surface area (Å²) in [4.78, 5) is 29.5. The van der Waals surface area contributed by atoms with Gasteiger partial charge in [0.1, 0.15) is 17.2 Å². The second-order valence-electron chi connectivity index (χ2n) is 8.51. The summed E-state index contributed by atoms with van der Waals surface area (Å²) < 4.78 is 5.51. The van der Waals surface area contributed by atoms with Gasteiger partial charge in [-0.3, -0.25) is 9.59 Å². The predicted octanol–water partition coefficient (Wildman–Crippen LogP) is 1.12. The average Bonchev–Trinajstić information content (AvgIpc) is 3.35. The molecule has 0 aromatic carbocycles. The quantitative estimate of drug-likeness (QED) is 0.684. The van der Waals surface area contributed by atoms with E-state index in [1.165, 1.54) is 16.2 Å². The van der Waals surface area contributed by atoms with Crippen molar-refractivity contribution in [3.05, 3.63) is 16.0 Å². The zero-order valence-electron chi connectivity index (χ0n) is 17.5. The maximum atomic E-state index is 12.5. The van der Waals surface area contributed by atoms with Crippen molar-refractivity contribution in [2.75, 3.05) is 44.6 Å². The molecule has 0 saturated carbocycles. The molecule has 30 heavy (non-hydrogen) atoms. The molecule has 2 saturated heterocycles. The average molecular weight is 432 g/mol. The molecule has 0 spiro atoms. The van der Waals surface area contributed by atoms with Crippen molar-refractivity contribution in [2.24, 2.45) is 0 Å². The van der Waals surface area contributed by atoms with Crippen molar-refractivity contribution in [3.63, 3.8) is 0 Å². The molecule has 162 valence electrons. The van der Waals surface area contributed by atoms with Crippen LogP contribution in [0.4, 0.5) is 5.00 Å². The van der Waals surface area contributed by atoms with Crippen LogP contribution in [-0.2, 0) is 27.2 Å². The van der Waals surface area contributed by atoms with Gasteiger partial charge in [0.05, 0.1) is 44.7 Å². The summed E-state index contributed by atoms with van der Waals surface area (Å²) in [5, 5.41) is 13.3. The fraction of sp³-hybridized carbons (Fsp3) is 0.682. The van der Waals surface area contributed by atoms with E-state index in [-0.39, 0.29) is 17.9 Å². The van der Waals surface area contributed by atoms with Crippen LogP contribution in [0.3, 0.4) is 0 Å². The van der Waals surface area contributed by atoms with Crippen LogP contribution in [0.5, 0.6) is 0 Å². The van der Waals surface area contributed by atoms with Gasteiger partial charge in [0.25, 0.3) is 5.91 Å². The van der Waals surface area contributed by atoms with E-state index in [1.807, 2.05) is 4.90 Å². The molecule has 0 unspecified atom stereocenters. The number of aryl methyl sites for hydroxylation is 1. The maximum absolute atomic E-state index is 12.5. The molecule has 0 bridgehead atoms. The van der Waals surface area contributed by atoms with Crippen LogP contribution >= 0.6 is 11.3 Å². The molecule has 2 aliphatic heterocycles. The number of carbonyl (C=O) groups excluding carboxylic acids is 2. The highest BCUT2D eigenvalue weighted by Crippen LogP contribution is 2.36. The number of hydrogen-bond donors (Lipinski definition) is 2. The molecule has 1 aromatic heterocycles. The third kappa shape index (κ3) is 4.85. The molecule has 3 aliphatic rings. The monoisotopic (exact) mass is 431 g/mol. The number of anilines is 1. The van der Waals surface area contributed by atoms with E-state index in [9.17, 15) is 14.9 Å². The summed E-state index contributed by atoms with van der Waals surface area (Å²) in [6.07, 6.45) is 7.46. The van der Waals surface area contributed by atoms with Crippen molar-refractivity contribution in [1.29, 1.82) is 5.26 Å². The molecule has 0 radical (unpaired) electrons. The van der Waals surface area contributed by atoms with Crippen LogP contribution in [0, 0.1) is 11.3 Å². The Balaban J connectivity index is 1.24. The molecule has 8 heteroatoms. The van der Waals surface area contributed by atoms with Gasteiger partial charge in [0.2, 0.25) is 5.91 Å². The number of thiophene rings is 1. The number of rotatable bonds is 5. The highest BCUT2D eigenvalue weighted by Gasteiger charge is 2.31. The molecule has 2 fully saturated rings. The minimum atomic E-state index is -0.243. The Bertz CT molecular complexity index is 817. The van der Waals surface area contributed by atoms with Crippen LogP contribution < -0.4 is 10.2 Å². The summed E-state index contributed by atoms with van der Waals surface area (Å²) in [5.74, 6) is 0.110. The number of nitriles is 1. The van der Waals surface area contributed by atoms with Crippen LogP contribution in [0.2, 0.25) is 0 Å². The minimum absolute atomic E-state index is 0.0201. The predicted molar refractivity (Wildman–Crippen MR) is 115 cm³/mol. The van der Waals surface area contributed by atoms with E-state index >= 15 is 0 Å². The number of quaternary nitrogens is 1. The summed E-state index contributed by atoms with van der Waals surface area (Å²) in [7, 11) is 0. The van der Waals surface area contributed by atoms with Crippen molar-refractivity contribution >= 4 is 28.2 Å². The molecule has 1 aromatic rings. The fourth-order valence-corrected chi connectivity index (χ4v) is 5.95. The fourth-order valence-electron chi connectivity index (χ4n) is 4.70. The van der Waals surface area contributed by atoms with Crippen LogP contribution in [0.15, 0.2) is 0 Å². The molecule has 4 rings (SSSR count). The zero-order valence-corrected chi connectivity index (χ0v) is 18.3. The number of nitrogens with zero attached hydrogens (tertiary/aromatic N) is 2. The van der Waals surface area contributed by atoms with Crippen molar-refractivity contribution in [3.8, 4) is 6.07 Å². The van der Waals surface area contributed by atoms with Crippen molar-refractivity contribution in [2.45, 2.75) is 57.5 Å². The number of ether oxygens (including phenoxy) is 1. The number of fused-ring (bicyclic) bond motifs is 1. The van der Waals surface area contributed by atoms with Gasteiger partial charge in [0.15, 0.2) is 0 Å². The van der Waals surface area contributed by atoms with E-state index in [1.54, 1.807) is 11.3 Å². The smallest absolute Gasteiger partial charge is 0.252 e. The topological polar surface area (TPSA) is 86.9 Å². The summed E-state index contributed by atoms with van der Waals surface area (Å²) in [6, 6.07) is 2.32. The van der Waals surface area contributed by atoms with Crippen molar-refractivity contribution < 1.29 is 19.2 Å². The lowest BCUT2D eigenvalue weighted by atomic mass is 10.1. The highest BCUT2D eigenvalue weighted by molar-refractivity contribution is 7.16. The maximum Gasteiger partial charge on any atom is 0.252 e. The molecule has 3 heterocycles. The third-order valence-corrected chi connectivity index (χ3v) is 7.69. The lowest BCUT2D eigenvalue weighted by Crippen LogP contribution is -3.15. The van der Waals surface area contributed by atoms with Gasteiger partial charge in [-0.2, -0.15) is 5.26 Å². The van der Waals surface area contributed by atoms with E-state index < -0.39 is 0 Å². The van der Waals surface area contributed by atoms with E-state index in [4.69, 9.17) is 4.74 Å². The summed E-state index contributed by atoms with van der Waals surface area (Å²) in [6.45, 7) is 4.63. The van der Waals surface area contributed by atoms with Crippen molar-refractivity contribution in [1.82, 2.24) is 4.90 Å². The minimum Gasteiger partial charge on any atom is -0.368 e. The van der Waals surface area contributed by atoms with Gasteiger partial charge in [-0.05, 0) is 44.1 Å². The van der Waals surface area contributed by atoms with Gasteiger partial charge in [-0.15, -0.1) is 11.3 Å². The summed E-state index contributed by atoms with van der Waals surface area (Å²) >= 11 is 1.59. The Hall–Kier alpha value is -1.95. The lowest BCUT2D eigenvalue weighted by molar-refractivity contribution is -0.903. The molecular weight excluding hydrogens is 400 g/mol. The number of nitrogens with one attached hydrogen (secondary N) is 2. The number of amides is 2. The lowest BCUT2D eigenvalue weighted by Gasteiger charge is -2.33. The molecule has 2 amide bonds. The zero-order chi connectivity index (χ0) is 20.9. The first-order valence-corrected chi connectivity index (χ1v) is 12.1. The largest absolute Gasteiger partial charge is 0.368 e. The molecule has 7 nitrogen and oxygen atoms in total. The summed E-state index contributed by atoms with van der Waals surface area (Å²) in [5.41, 5.74) is 1.84. The third-order valence-electron chi connectivity index (χ3n) is 6.48. The van der Waals surface area contributed by atoms with Gasteiger partial charge < -0.3 is 19.9 Å². The van der Waals surface area contributed by atoms with Crippen LogP contribution in [0.1, 0.15) is 54.5 Å². The van der Waals surface area contributed by atoms with E-state index in [2.05, 4.69) is 11.4 Å². The van der Waals surface area contributed by atoms with Gasteiger partial charge in [-0.25, -0.2) is 0 Å². The Morgan fingerprint density at radius 3 is 2.73 bits per heavy atom. The second-order valence-corrected chi connectivity index (χ2v) is 9.61. The molecular formula is C22H31N4O3S+.